The minimum atomic E-state index is 0.0672. The van der Waals surface area contributed by atoms with Gasteiger partial charge in [0.05, 0.1) is 25.8 Å². The van der Waals surface area contributed by atoms with Crippen LogP contribution in [0.25, 0.3) is 0 Å². The van der Waals surface area contributed by atoms with Crippen molar-refractivity contribution in [1.82, 2.24) is 15.1 Å². The van der Waals surface area contributed by atoms with Gasteiger partial charge >= 0.3 is 0 Å². The maximum absolute atomic E-state index is 12.8. The van der Waals surface area contributed by atoms with E-state index in [-0.39, 0.29) is 11.9 Å². The van der Waals surface area contributed by atoms with Gasteiger partial charge in [0, 0.05) is 19.6 Å². The Hall–Kier alpha value is -1.43. The van der Waals surface area contributed by atoms with Gasteiger partial charge in [-0.05, 0) is 54.8 Å². The van der Waals surface area contributed by atoms with Crippen molar-refractivity contribution in [3.05, 3.63) is 35.4 Å². The second-order valence-corrected chi connectivity index (χ2v) is 9.74. The summed E-state index contributed by atoms with van der Waals surface area (Å²) >= 11 is 0. The zero-order valence-electron chi connectivity index (χ0n) is 19.4. The van der Waals surface area contributed by atoms with Crippen molar-refractivity contribution >= 4 is 5.91 Å². The van der Waals surface area contributed by atoms with Crippen LogP contribution in [-0.2, 0) is 9.53 Å². The van der Waals surface area contributed by atoms with Crippen LogP contribution in [0.15, 0.2) is 24.3 Å². The number of hydrogen-bond acceptors (Lipinski definition) is 4. The summed E-state index contributed by atoms with van der Waals surface area (Å²) in [6.45, 7) is 16.4. The molecule has 168 valence electrons. The predicted octanol–water partition coefficient (Wildman–Crippen LogP) is 3.67. The lowest BCUT2D eigenvalue weighted by Gasteiger charge is -2.36. The molecule has 30 heavy (non-hydrogen) atoms. The van der Waals surface area contributed by atoms with Crippen molar-refractivity contribution in [2.24, 2.45) is 11.8 Å². The lowest BCUT2D eigenvalue weighted by molar-refractivity contribution is -0.123. The van der Waals surface area contributed by atoms with E-state index in [9.17, 15) is 4.79 Å². The van der Waals surface area contributed by atoms with Crippen molar-refractivity contribution in [1.29, 1.82) is 0 Å². The maximum atomic E-state index is 12.8. The van der Waals surface area contributed by atoms with E-state index >= 15 is 0 Å². The first-order chi connectivity index (χ1) is 14.4. The van der Waals surface area contributed by atoms with E-state index in [2.05, 4.69) is 67.1 Å². The van der Waals surface area contributed by atoms with Gasteiger partial charge in [0.2, 0.25) is 5.91 Å². The highest BCUT2D eigenvalue weighted by Crippen LogP contribution is 2.24. The number of amides is 1. The Morgan fingerprint density at radius 1 is 0.967 bits per heavy atom. The molecule has 2 saturated heterocycles. The molecule has 2 aliphatic rings. The summed E-state index contributed by atoms with van der Waals surface area (Å²) < 4.78 is 5.45. The van der Waals surface area contributed by atoms with Gasteiger partial charge in [-0.3, -0.25) is 14.6 Å². The molecule has 2 fully saturated rings. The fraction of sp³-hybridized carbons (Fsp3) is 0.720. The van der Waals surface area contributed by atoms with Crippen LogP contribution >= 0.6 is 0 Å². The Labute approximate surface area is 183 Å². The second-order valence-electron chi connectivity index (χ2n) is 9.74. The third-order valence-electron chi connectivity index (χ3n) is 6.64. The average Bonchev–Trinajstić information content (AvgIpc) is 2.74. The van der Waals surface area contributed by atoms with Gasteiger partial charge in [0.25, 0.3) is 0 Å². The highest BCUT2D eigenvalue weighted by Gasteiger charge is 2.25. The molecule has 1 unspecified atom stereocenters. The van der Waals surface area contributed by atoms with Crippen LogP contribution in [0.4, 0.5) is 0 Å². The molecular formula is C25H41N3O2. The summed E-state index contributed by atoms with van der Waals surface area (Å²) in [6, 6.07) is 8.81. The van der Waals surface area contributed by atoms with Crippen molar-refractivity contribution in [2.75, 3.05) is 52.5 Å². The second kappa shape index (κ2) is 11.3. The summed E-state index contributed by atoms with van der Waals surface area (Å²) in [5, 5.41) is 3.30. The van der Waals surface area contributed by atoms with Gasteiger partial charge < -0.3 is 10.1 Å². The minimum absolute atomic E-state index is 0.0672. The van der Waals surface area contributed by atoms with E-state index in [0.29, 0.717) is 18.4 Å². The molecular weight excluding hydrogens is 374 g/mol. The van der Waals surface area contributed by atoms with Crippen molar-refractivity contribution < 1.29 is 9.53 Å². The number of ether oxygens (including phenoxy) is 1. The Bertz CT molecular complexity index is 645. The van der Waals surface area contributed by atoms with Gasteiger partial charge in [0.1, 0.15) is 0 Å². The van der Waals surface area contributed by atoms with Crippen LogP contribution in [0.5, 0.6) is 0 Å². The lowest BCUT2D eigenvalue weighted by Crippen LogP contribution is -2.45. The van der Waals surface area contributed by atoms with Crippen molar-refractivity contribution in [3.8, 4) is 0 Å². The van der Waals surface area contributed by atoms with E-state index in [1.807, 2.05) is 0 Å². The highest BCUT2D eigenvalue weighted by molar-refractivity contribution is 5.78. The Morgan fingerprint density at radius 2 is 1.57 bits per heavy atom. The molecule has 1 aromatic rings. The number of likely N-dealkylation sites (tertiary alicyclic amines) is 1. The molecule has 1 atom stereocenters. The number of rotatable bonds is 8. The molecule has 1 N–H and O–H groups in total. The van der Waals surface area contributed by atoms with Crippen molar-refractivity contribution in [2.45, 2.75) is 52.5 Å². The van der Waals surface area contributed by atoms with Gasteiger partial charge in [0.15, 0.2) is 0 Å². The monoisotopic (exact) mass is 415 g/mol. The number of carbonyl (C=O) groups is 1. The number of nitrogens with one attached hydrogen (secondary N) is 1. The summed E-state index contributed by atoms with van der Waals surface area (Å²) in [5.41, 5.74) is 2.54. The van der Waals surface area contributed by atoms with Gasteiger partial charge in [-0.2, -0.15) is 0 Å². The average molecular weight is 416 g/mol. The molecule has 5 heteroatoms. The number of carbonyl (C=O) groups excluding carboxylic acids is 1. The Kier molecular flexibility index (Phi) is 8.72. The first-order valence-electron chi connectivity index (χ1n) is 11.8. The van der Waals surface area contributed by atoms with E-state index in [4.69, 9.17) is 4.74 Å². The lowest BCUT2D eigenvalue weighted by atomic mass is 9.93. The molecule has 0 spiro atoms. The van der Waals surface area contributed by atoms with E-state index in [1.54, 1.807) is 0 Å². The summed E-state index contributed by atoms with van der Waals surface area (Å²) in [4.78, 5) is 17.7. The largest absolute Gasteiger partial charge is 0.379 e. The van der Waals surface area contributed by atoms with Gasteiger partial charge in [-0.1, -0.05) is 52.0 Å². The smallest absolute Gasteiger partial charge is 0.234 e. The molecule has 0 bridgehead atoms. The highest BCUT2D eigenvalue weighted by atomic mass is 16.5. The molecule has 1 amide bonds. The molecule has 1 aromatic carbocycles. The summed E-state index contributed by atoms with van der Waals surface area (Å²) in [7, 11) is 0. The third kappa shape index (κ3) is 6.79. The van der Waals surface area contributed by atoms with E-state index < -0.39 is 0 Å². The van der Waals surface area contributed by atoms with Gasteiger partial charge in [-0.25, -0.2) is 0 Å². The molecule has 5 nitrogen and oxygen atoms in total. The number of morpholine rings is 1. The number of hydrogen-bond donors (Lipinski definition) is 1. The Morgan fingerprint density at radius 3 is 2.13 bits per heavy atom. The van der Waals surface area contributed by atoms with Crippen LogP contribution in [0.1, 0.15) is 63.6 Å². The fourth-order valence-electron chi connectivity index (χ4n) is 4.62. The van der Waals surface area contributed by atoms with Crippen molar-refractivity contribution in [3.63, 3.8) is 0 Å². The fourth-order valence-corrected chi connectivity index (χ4v) is 4.62. The van der Waals surface area contributed by atoms with Gasteiger partial charge in [-0.15, -0.1) is 0 Å². The zero-order valence-corrected chi connectivity index (χ0v) is 19.4. The number of nitrogens with zero attached hydrogens (tertiary/aromatic N) is 2. The molecule has 0 aromatic heterocycles. The van der Waals surface area contributed by atoms with Crippen LogP contribution in [0.2, 0.25) is 0 Å². The molecule has 0 aliphatic carbocycles. The SMILES string of the molecule is CC(C)c1ccc(C(NC(=O)CN2CCC(CN3CCOCC3)CC2)C(C)C)cc1. The van der Waals surface area contributed by atoms with Crippen LogP contribution in [0.3, 0.4) is 0 Å². The molecule has 0 saturated carbocycles. The minimum Gasteiger partial charge on any atom is -0.379 e. The first kappa shape index (κ1) is 23.2. The normalized spacial score (nSPS) is 20.6. The van der Waals surface area contributed by atoms with Crippen LogP contribution < -0.4 is 5.32 Å². The number of benzene rings is 1. The summed E-state index contributed by atoms with van der Waals surface area (Å²) in [6.07, 6.45) is 2.38. The standard InChI is InChI=1S/C25H41N3O2/c1-19(2)22-5-7-23(8-6-22)25(20(3)4)26-24(29)18-27-11-9-21(10-12-27)17-28-13-15-30-16-14-28/h5-8,19-21,25H,9-18H2,1-4H3,(H,26,29). The quantitative estimate of drug-likeness (QED) is 0.704. The maximum Gasteiger partial charge on any atom is 0.234 e. The topological polar surface area (TPSA) is 44.8 Å². The van der Waals surface area contributed by atoms with E-state index in [0.717, 1.165) is 45.3 Å². The zero-order chi connectivity index (χ0) is 21.5. The molecule has 0 radical (unpaired) electrons. The Balaban J connectivity index is 1.45. The van der Waals surface area contributed by atoms with Crippen LogP contribution in [-0.4, -0.2) is 68.2 Å². The molecule has 3 rings (SSSR count). The molecule has 2 aliphatic heterocycles. The number of piperidine rings is 1. The third-order valence-corrected chi connectivity index (χ3v) is 6.64. The predicted molar refractivity (Wildman–Crippen MR) is 123 cm³/mol. The van der Waals surface area contributed by atoms with Crippen LogP contribution in [0, 0.1) is 11.8 Å². The van der Waals surface area contributed by atoms with E-state index in [1.165, 1.54) is 30.5 Å². The first-order valence-corrected chi connectivity index (χ1v) is 11.8. The summed E-state index contributed by atoms with van der Waals surface area (Å²) in [5.74, 6) is 1.79. The molecule has 2 heterocycles.